The molecule has 1 aliphatic heterocycles. The highest BCUT2D eigenvalue weighted by molar-refractivity contribution is 5.79. The Bertz CT molecular complexity index is 407. The minimum atomic E-state index is -0.231. The largest absolute Gasteiger partial charge is 0.394 e. The summed E-state index contributed by atoms with van der Waals surface area (Å²) >= 11 is 0. The number of aliphatic hydroxyl groups excluding tert-OH is 1. The summed E-state index contributed by atoms with van der Waals surface area (Å²) in [6.45, 7) is 2.40. The van der Waals surface area contributed by atoms with Gasteiger partial charge >= 0.3 is 0 Å². The average Bonchev–Trinajstić information content (AvgIpc) is 2.86. The molecular weight excluding hydrogens is 242 g/mol. The van der Waals surface area contributed by atoms with Gasteiger partial charge in [-0.25, -0.2) is 0 Å². The van der Waals surface area contributed by atoms with Gasteiger partial charge in [0.1, 0.15) is 0 Å². The summed E-state index contributed by atoms with van der Waals surface area (Å²) in [5, 5.41) is 12.3. The molecule has 0 aliphatic carbocycles. The second-order valence-electron chi connectivity index (χ2n) is 5.15. The van der Waals surface area contributed by atoms with Crippen LogP contribution >= 0.6 is 0 Å². The molecule has 0 bridgehead atoms. The molecule has 1 amide bonds. The number of carbonyl (C=O) groups is 1. The number of ether oxygens (including phenoxy) is 1. The fraction of sp³-hybridized carbons (Fsp3) is 0.533. The van der Waals surface area contributed by atoms with Crippen molar-refractivity contribution in [1.82, 2.24) is 5.32 Å². The highest BCUT2D eigenvalue weighted by Crippen LogP contribution is 2.19. The lowest BCUT2D eigenvalue weighted by Gasteiger charge is -2.18. The quantitative estimate of drug-likeness (QED) is 0.837. The van der Waals surface area contributed by atoms with Crippen LogP contribution in [-0.4, -0.2) is 36.4 Å². The van der Waals surface area contributed by atoms with Gasteiger partial charge in [-0.15, -0.1) is 0 Å². The van der Waals surface area contributed by atoms with Crippen molar-refractivity contribution in [2.45, 2.75) is 31.9 Å². The number of hydrogen-bond acceptors (Lipinski definition) is 3. The zero-order valence-corrected chi connectivity index (χ0v) is 11.2. The van der Waals surface area contributed by atoms with Gasteiger partial charge in [-0.05, 0) is 25.3 Å². The summed E-state index contributed by atoms with van der Waals surface area (Å²) < 4.78 is 5.40. The van der Waals surface area contributed by atoms with E-state index in [0.717, 1.165) is 12.0 Å². The predicted molar refractivity (Wildman–Crippen MR) is 72.7 cm³/mol. The standard InChI is InChI=1S/C15H21NO3/c1-11-7-13(10-19-11)15(18)16-14(9-17)8-12-5-3-2-4-6-12/h2-6,11,13-14,17H,7-10H2,1H3,(H,16,18)/t11?,13?,14-/m0/s1. The van der Waals surface area contributed by atoms with Crippen molar-refractivity contribution in [3.8, 4) is 0 Å². The van der Waals surface area contributed by atoms with Gasteiger partial charge in [0.05, 0.1) is 31.3 Å². The lowest BCUT2D eigenvalue weighted by molar-refractivity contribution is -0.126. The maximum absolute atomic E-state index is 12.0. The Balaban J connectivity index is 1.87. The van der Waals surface area contributed by atoms with Gasteiger partial charge in [0.15, 0.2) is 0 Å². The molecule has 0 aromatic heterocycles. The molecule has 0 radical (unpaired) electrons. The van der Waals surface area contributed by atoms with Gasteiger partial charge in [0.25, 0.3) is 0 Å². The van der Waals surface area contributed by atoms with E-state index in [4.69, 9.17) is 4.74 Å². The van der Waals surface area contributed by atoms with E-state index in [1.54, 1.807) is 0 Å². The molecule has 19 heavy (non-hydrogen) atoms. The van der Waals surface area contributed by atoms with Crippen molar-refractivity contribution in [1.29, 1.82) is 0 Å². The lowest BCUT2D eigenvalue weighted by atomic mass is 10.0. The molecule has 4 heteroatoms. The fourth-order valence-corrected chi connectivity index (χ4v) is 2.38. The van der Waals surface area contributed by atoms with E-state index in [-0.39, 0.29) is 30.6 Å². The van der Waals surface area contributed by atoms with Crippen LogP contribution in [0, 0.1) is 5.92 Å². The summed E-state index contributed by atoms with van der Waals surface area (Å²) in [7, 11) is 0. The number of rotatable bonds is 5. The van der Waals surface area contributed by atoms with Crippen LogP contribution in [-0.2, 0) is 16.0 Å². The Morgan fingerprint density at radius 1 is 1.47 bits per heavy atom. The van der Waals surface area contributed by atoms with E-state index in [9.17, 15) is 9.90 Å². The smallest absolute Gasteiger partial charge is 0.225 e. The van der Waals surface area contributed by atoms with Gasteiger partial charge in [-0.2, -0.15) is 0 Å². The van der Waals surface area contributed by atoms with E-state index in [2.05, 4.69) is 5.32 Å². The highest BCUT2D eigenvalue weighted by Gasteiger charge is 2.29. The third-order valence-electron chi connectivity index (χ3n) is 3.46. The maximum atomic E-state index is 12.0. The summed E-state index contributed by atoms with van der Waals surface area (Å²) in [5.74, 6) is -0.0980. The summed E-state index contributed by atoms with van der Waals surface area (Å²) in [5.41, 5.74) is 1.11. The summed E-state index contributed by atoms with van der Waals surface area (Å²) in [6.07, 6.45) is 1.55. The normalized spacial score (nSPS) is 24.1. The molecule has 2 N–H and O–H groups in total. The Morgan fingerprint density at radius 3 is 2.79 bits per heavy atom. The Labute approximate surface area is 113 Å². The molecule has 0 spiro atoms. The van der Waals surface area contributed by atoms with Gasteiger partial charge < -0.3 is 15.2 Å². The zero-order valence-electron chi connectivity index (χ0n) is 11.2. The number of amides is 1. The first-order chi connectivity index (χ1) is 9.19. The molecule has 2 unspecified atom stereocenters. The van der Waals surface area contributed by atoms with Gasteiger partial charge in [0.2, 0.25) is 5.91 Å². The molecule has 2 rings (SSSR count). The van der Waals surface area contributed by atoms with Crippen LogP contribution < -0.4 is 5.32 Å². The molecule has 1 aliphatic rings. The van der Waals surface area contributed by atoms with Crippen LogP contribution in [0.15, 0.2) is 30.3 Å². The van der Waals surface area contributed by atoms with E-state index < -0.39 is 0 Å². The van der Waals surface area contributed by atoms with Crippen molar-refractivity contribution in [3.63, 3.8) is 0 Å². The number of carbonyl (C=O) groups excluding carboxylic acids is 1. The highest BCUT2D eigenvalue weighted by atomic mass is 16.5. The van der Waals surface area contributed by atoms with Crippen molar-refractivity contribution >= 4 is 5.91 Å². The van der Waals surface area contributed by atoms with Crippen molar-refractivity contribution in [2.24, 2.45) is 5.92 Å². The third-order valence-corrected chi connectivity index (χ3v) is 3.46. The monoisotopic (exact) mass is 263 g/mol. The molecule has 104 valence electrons. The van der Waals surface area contributed by atoms with Crippen molar-refractivity contribution < 1.29 is 14.6 Å². The Morgan fingerprint density at radius 2 is 2.21 bits per heavy atom. The maximum Gasteiger partial charge on any atom is 0.225 e. The van der Waals surface area contributed by atoms with E-state index in [1.807, 2.05) is 37.3 Å². The molecule has 1 fully saturated rings. The Hall–Kier alpha value is -1.39. The first kappa shape index (κ1) is 14.0. The van der Waals surface area contributed by atoms with Gasteiger partial charge in [-0.3, -0.25) is 4.79 Å². The molecule has 3 atom stereocenters. The van der Waals surface area contributed by atoms with E-state index in [1.165, 1.54) is 0 Å². The average molecular weight is 263 g/mol. The summed E-state index contributed by atoms with van der Waals surface area (Å²) in [4.78, 5) is 12.0. The molecule has 1 aromatic carbocycles. The van der Waals surface area contributed by atoms with Crippen LogP contribution in [0.2, 0.25) is 0 Å². The molecule has 0 saturated carbocycles. The zero-order chi connectivity index (χ0) is 13.7. The predicted octanol–water partition coefficient (Wildman–Crippen LogP) is 1.13. The van der Waals surface area contributed by atoms with Crippen LogP contribution in [0.25, 0.3) is 0 Å². The number of hydrogen-bond donors (Lipinski definition) is 2. The second-order valence-corrected chi connectivity index (χ2v) is 5.15. The minimum Gasteiger partial charge on any atom is -0.394 e. The SMILES string of the molecule is CC1CC(C(=O)N[C@H](CO)Cc2ccccc2)CO1. The van der Waals surface area contributed by atoms with E-state index >= 15 is 0 Å². The molecule has 1 heterocycles. The van der Waals surface area contributed by atoms with Crippen LogP contribution in [0.1, 0.15) is 18.9 Å². The summed E-state index contributed by atoms with van der Waals surface area (Å²) in [6, 6.07) is 9.63. The first-order valence-corrected chi connectivity index (χ1v) is 6.75. The Kier molecular flexibility index (Phi) is 4.93. The fourth-order valence-electron chi connectivity index (χ4n) is 2.38. The van der Waals surface area contributed by atoms with Crippen LogP contribution in [0.3, 0.4) is 0 Å². The van der Waals surface area contributed by atoms with Crippen molar-refractivity contribution in [3.05, 3.63) is 35.9 Å². The molecule has 1 saturated heterocycles. The van der Waals surface area contributed by atoms with Gasteiger partial charge in [0, 0.05) is 0 Å². The second kappa shape index (κ2) is 6.68. The third kappa shape index (κ3) is 4.04. The first-order valence-electron chi connectivity index (χ1n) is 6.75. The van der Waals surface area contributed by atoms with Crippen LogP contribution in [0.4, 0.5) is 0 Å². The lowest BCUT2D eigenvalue weighted by Crippen LogP contribution is -2.42. The van der Waals surface area contributed by atoms with Gasteiger partial charge in [-0.1, -0.05) is 30.3 Å². The molecule has 4 nitrogen and oxygen atoms in total. The van der Waals surface area contributed by atoms with Crippen LogP contribution in [0.5, 0.6) is 0 Å². The van der Waals surface area contributed by atoms with E-state index in [0.29, 0.717) is 13.0 Å². The number of aliphatic hydroxyl groups is 1. The van der Waals surface area contributed by atoms with Crippen molar-refractivity contribution in [2.75, 3.05) is 13.2 Å². The number of benzene rings is 1. The topological polar surface area (TPSA) is 58.6 Å². The minimum absolute atomic E-state index is 0.0145. The number of nitrogens with one attached hydrogen (secondary N) is 1. The molecule has 1 aromatic rings. The molecular formula is C15H21NO3.